The lowest BCUT2D eigenvalue weighted by Crippen LogP contribution is -2.46. The van der Waals surface area contributed by atoms with Gasteiger partial charge in [-0.3, -0.25) is 0 Å². The minimum absolute atomic E-state index is 0.201. The lowest BCUT2D eigenvalue weighted by molar-refractivity contribution is 0.309. The molecule has 1 aromatic carbocycles. The van der Waals surface area contributed by atoms with Gasteiger partial charge in [0.1, 0.15) is 0 Å². The van der Waals surface area contributed by atoms with Gasteiger partial charge in [-0.15, -0.1) is 0 Å². The molecular weight excluding hydrogens is 392 g/mol. The fraction of sp³-hybridized carbons (Fsp3) is 0.538. The van der Waals surface area contributed by atoms with E-state index in [9.17, 15) is 16.8 Å². The number of aryl methyl sites for hydroxylation is 1. The molecular formula is C13H19BrN2O4S2. The van der Waals surface area contributed by atoms with E-state index in [1.54, 1.807) is 18.2 Å². The van der Waals surface area contributed by atoms with E-state index in [1.165, 1.54) is 4.31 Å². The Morgan fingerprint density at radius 3 is 2.27 bits per heavy atom. The van der Waals surface area contributed by atoms with Gasteiger partial charge >= 0.3 is 0 Å². The zero-order chi connectivity index (χ0) is 16.5. The number of sulfonamides is 2. The van der Waals surface area contributed by atoms with Crippen molar-refractivity contribution >= 4 is 36.0 Å². The summed E-state index contributed by atoms with van der Waals surface area (Å²) in [6, 6.07) is 4.74. The molecule has 1 heterocycles. The number of halogens is 1. The van der Waals surface area contributed by atoms with E-state index in [4.69, 9.17) is 0 Å². The van der Waals surface area contributed by atoms with Gasteiger partial charge in [0, 0.05) is 23.6 Å². The third-order valence-electron chi connectivity index (χ3n) is 3.60. The molecule has 6 nitrogen and oxygen atoms in total. The van der Waals surface area contributed by atoms with E-state index < -0.39 is 20.0 Å². The molecule has 0 unspecified atom stereocenters. The summed E-state index contributed by atoms with van der Waals surface area (Å²) in [6.07, 6.45) is 2.06. The molecule has 1 saturated heterocycles. The van der Waals surface area contributed by atoms with Crippen LogP contribution in [0.3, 0.4) is 0 Å². The number of nitrogens with zero attached hydrogens (tertiary/aromatic N) is 1. The van der Waals surface area contributed by atoms with E-state index in [2.05, 4.69) is 20.7 Å². The molecule has 0 aromatic heterocycles. The summed E-state index contributed by atoms with van der Waals surface area (Å²) >= 11 is 3.35. The number of hydrogen-bond acceptors (Lipinski definition) is 4. The first kappa shape index (κ1) is 17.9. The van der Waals surface area contributed by atoms with Crippen LogP contribution in [0.15, 0.2) is 27.6 Å². The van der Waals surface area contributed by atoms with Crippen molar-refractivity contribution in [1.29, 1.82) is 0 Å². The zero-order valence-electron chi connectivity index (χ0n) is 12.4. The van der Waals surface area contributed by atoms with Gasteiger partial charge in [-0.1, -0.05) is 15.9 Å². The first-order chi connectivity index (χ1) is 10.1. The standard InChI is InChI=1S/C13H19BrN2O4S2/c1-10-9-12(3-4-13(10)14)22(19,20)16-7-5-11(6-8-16)15-21(2,17)18/h3-4,9,11,15H,5-8H2,1-2H3. The summed E-state index contributed by atoms with van der Waals surface area (Å²) in [5.41, 5.74) is 0.856. The Hall–Kier alpha value is -0.480. The Labute approximate surface area is 140 Å². The minimum atomic E-state index is -3.53. The van der Waals surface area contributed by atoms with E-state index in [1.807, 2.05) is 6.92 Å². The maximum absolute atomic E-state index is 12.6. The SMILES string of the molecule is Cc1cc(S(=O)(=O)N2CCC(NS(C)(=O)=O)CC2)ccc1Br. The molecule has 0 aliphatic carbocycles. The fourth-order valence-electron chi connectivity index (χ4n) is 2.44. The van der Waals surface area contributed by atoms with Crippen LogP contribution in [0.25, 0.3) is 0 Å². The summed E-state index contributed by atoms with van der Waals surface area (Å²) in [4.78, 5) is 0.266. The maximum atomic E-state index is 12.6. The Balaban J connectivity index is 2.11. The second kappa shape index (κ2) is 6.56. The average molecular weight is 411 g/mol. The number of rotatable bonds is 4. The topological polar surface area (TPSA) is 83.6 Å². The largest absolute Gasteiger partial charge is 0.243 e. The van der Waals surface area contributed by atoms with Gasteiger partial charge < -0.3 is 0 Å². The van der Waals surface area contributed by atoms with Crippen molar-refractivity contribution in [3.63, 3.8) is 0 Å². The van der Waals surface area contributed by atoms with Crippen LogP contribution in [-0.2, 0) is 20.0 Å². The Morgan fingerprint density at radius 2 is 1.77 bits per heavy atom. The number of benzene rings is 1. The molecule has 1 fully saturated rings. The highest BCUT2D eigenvalue weighted by Crippen LogP contribution is 2.25. The van der Waals surface area contributed by atoms with E-state index in [-0.39, 0.29) is 10.9 Å². The molecule has 0 saturated carbocycles. The number of piperidine rings is 1. The third kappa shape index (κ3) is 4.29. The number of nitrogens with one attached hydrogen (secondary N) is 1. The van der Waals surface area contributed by atoms with E-state index in [0.29, 0.717) is 25.9 Å². The van der Waals surface area contributed by atoms with Crippen LogP contribution in [0, 0.1) is 6.92 Å². The van der Waals surface area contributed by atoms with Gasteiger partial charge in [-0.25, -0.2) is 21.6 Å². The van der Waals surface area contributed by atoms with Crippen molar-refractivity contribution in [2.24, 2.45) is 0 Å². The van der Waals surface area contributed by atoms with Crippen molar-refractivity contribution < 1.29 is 16.8 Å². The van der Waals surface area contributed by atoms with Crippen LogP contribution in [0.4, 0.5) is 0 Å². The fourth-order valence-corrected chi connectivity index (χ4v) is 5.09. The first-order valence-corrected chi connectivity index (χ1v) is 11.0. The molecule has 0 amide bonds. The highest BCUT2D eigenvalue weighted by Gasteiger charge is 2.30. The summed E-state index contributed by atoms with van der Waals surface area (Å²) in [7, 11) is -6.80. The van der Waals surface area contributed by atoms with E-state index >= 15 is 0 Å². The van der Waals surface area contributed by atoms with Crippen LogP contribution >= 0.6 is 15.9 Å². The minimum Gasteiger partial charge on any atom is -0.213 e. The van der Waals surface area contributed by atoms with Crippen LogP contribution < -0.4 is 4.72 Å². The van der Waals surface area contributed by atoms with Crippen LogP contribution in [0.1, 0.15) is 18.4 Å². The first-order valence-electron chi connectivity index (χ1n) is 6.83. The Kier molecular flexibility index (Phi) is 5.33. The third-order valence-corrected chi connectivity index (χ3v) is 7.15. The van der Waals surface area contributed by atoms with Gasteiger partial charge in [-0.2, -0.15) is 4.31 Å². The highest BCUT2D eigenvalue weighted by molar-refractivity contribution is 9.10. The Morgan fingerprint density at radius 1 is 1.18 bits per heavy atom. The molecule has 1 aliphatic heterocycles. The zero-order valence-corrected chi connectivity index (χ0v) is 15.6. The smallest absolute Gasteiger partial charge is 0.213 e. The van der Waals surface area contributed by atoms with Crippen molar-refractivity contribution in [3.8, 4) is 0 Å². The molecule has 22 heavy (non-hydrogen) atoms. The quantitative estimate of drug-likeness (QED) is 0.813. The summed E-state index contributed by atoms with van der Waals surface area (Å²) in [6.45, 7) is 2.46. The second-order valence-electron chi connectivity index (χ2n) is 5.48. The lowest BCUT2D eigenvalue weighted by atomic mass is 10.1. The highest BCUT2D eigenvalue weighted by atomic mass is 79.9. The van der Waals surface area contributed by atoms with Gasteiger partial charge in [0.15, 0.2) is 0 Å². The predicted molar refractivity (Wildman–Crippen MR) is 88.6 cm³/mol. The van der Waals surface area contributed by atoms with Gasteiger partial charge in [0.25, 0.3) is 0 Å². The summed E-state index contributed by atoms with van der Waals surface area (Å²) in [5, 5.41) is 0. The van der Waals surface area contributed by atoms with Crippen molar-refractivity contribution in [1.82, 2.24) is 9.03 Å². The summed E-state index contributed by atoms with van der Waals surface area (Å²) in [5.74, 6) is 0. The molecule has 2 rings (SSSR count). The second-order valence-corrected chi connectivity index (χ2v) is 10.1. The maximum Gasteiger partial charge on any atom is 0.243 e. The van der Waals surface area contributed by atoms with Crippen molar-refractivity contribution in [2.75, 3.05) is 19.3 Å². The van der Waals surface area contributed by atoms with E-state index in [0.717, 1.165) is 16.3 Å². The molecule has 1 aliphatic rings. The van der Waals surface area contributed by atoms with Crippen LogP contribution in [-0.4, -0.2) is 46.5 Å². The van der Waals surface area contributed by atoms with Crippen molar-refractivity contribution in [2.45, 2.75) is 30.7 Å². The van der Waals surface area contributed by atoms with Crippen LogP contribution in [0.5, 0.6) is 0 Å². The van der Waals surface area contributed by atoms with Gasteiger partial charge in [0.2, 0.25) is 20.0 Å². The predicted octanol–water partition coefficient (Wildman–Crippen LogP) is 1.46. The van der Waals surface area contributed by atoms with Crippen LogP contribution in [0.2, 0.25) is 0 Å². The molecule has 0 radical (unpaired) electrons. The normalized spacial score (nSPS) is 18.5. The molecule has 0 bridgehead atoms. The molecule has 0 spiro atoms. The Bertz CT molecular complexity index is 754. The molecule has 1 aromatic rings. The molecule has 1 N–H and O–H groups in total. The lowest BCUT2D eigenvalue weighted by Gasteiger charge is -2.31. The molecule has 9 heteroatoms. The van der Waals surface area contributed by atoms with Crippen molar-refractivity contribution in [3.05, 3.63) is 28.2 Å². The monoisotopic (exact) mass is 410 g/mol. The van der Waals surface area contributed by atoms with Gasteiger partial charge in [0.05, 0.1) is 11.2 Å². The molecule has 124 valence electrons. The van der Waals surface area contributed by atoms with Gasteiger partial charge in [-0.05, 0) is 43.5 Å². The number of hydrogen-bond donors (Lipinski definition) is 1. The molecule has 0 atom stereocenters. The average Bonchev–Trinajstić information content (AvgIpc) is 2.40. The summed E-state index contributed by atoms with van der Waals surface area (Å²) < 4.78 is 52.5.